The van der Waals surface area contributed by atoms with Gasteiger partial charge in [-0.15, -0.1) is 0 Å². The molecular formula is C15H19N3O2S. The largest absolute Gasteiger partial charge is 0.281 e. The topological polar surface area (TPSA) is 66.1 Å². The summed E-state index contributed by atoms with van der Waals surface area (Å²) in [6.07, 6.45) is 1.75. The van der Waals surface area contributed by atoms with Crippen molar-refractivity contribution in [1.29, 1.82) is 0 Å². The zero-order valence-corrected chi connectivity index (χ0v) is 13.2. The Morgan fingerprint density at radius 1 is 1.29 bits per heavy atom. The third-order valence-corrected chi connectivity index (χ3v) is 6.37. The smallest absolute Gasteiger partial charge is 0.247 e. The quantitative estimate of drug-likeness (QED) is 0.946. The van der Waals surface area contributed by atoms with Gasteiger partial charge in [0.1, 0.15) is 4.90 Å². The van der Waals surface area contributed by atoms with E-state index in [1.165, 1.54) is 9.87 Å². The van der Waals surface area contributed by atoms with Crippen molar-refractivity contribution >= 4 is 10.0 Å². The molecule has 1 aliphatic rings. The van der Waals surface area contributed by atoms with Gasteiger partial charge >= 0.3 is 0 Å². The number of aromatic nitrogens is 2. The van der Waals surface area contributed by atoms with Gasteiger partial charge in [0, 0.05) is 7.05 Å². The van der Waals surface area contributed by atoms with Crippen LogP contribution in [0.15, 0.2) is 29.2 Å². The highest BCUT2D eigenvalue weighted by Crippen LogP contribution is 2.38. The SMILES string of the molecule is Cc1n[nH]c(C)c1S(=O)(=O)N(C)C1CCc2ccccc21. The van der Waals surface area contributed by atoms with E-state index in [-0.39, 0.29) is 6.04 Å². The number of aromatic amines is 1. The van der Waals surface area contributed by atoms with Crippen LogP contribution in [0.5, 0.6) is 0 Å². The predicted molar refractivity (Wildman–Crippen MR) is 80.5 cm³/mol. The Labute approximate surface area is 125 Å². The minimum absolute atomic E-state index is 0.0973. The molecule has 1 N–H and O–H groups in total. The van der Waals surface area contributed by atoms with E-state index in [9.17, 15) is 8.42 Å². The molecule has 0 saturated carbocycles. The van der Waals surface area contributed by atoms with Gasteiger partial charge in [-0.25, -0.2) is 8.42 Å². The second-order valence-corrected chi connectivity index (χ2v) is 7.47. The molecule has 3 rings (SSSR count). The molecule has 1 aromatic heterocycles. The second-order valence-electron chi connectivity index (χ2n) is 5.54. The summed E-state index contributed by atoms with van der Waals surface area (Å²) >= 11 is 0. The van der Waals surface area contributed by atoms with Crippen molar-refractivity contribution in [1.82, 2.24) is 14.5 Å². The van der Waals surface area contributed by atoms with Crippen molar-refractivity contribution < 1.29 is 8.42 Å². The molecule has 0 radical (unpaired) electrons. The molecule has 2 aromatic rings. The number of aryl methyl sites for hydroxylation is 3. The minimum Gasteiger partial charge on any atom is -0.281 e. The van der Waals surface area contributed by atoms with Crippen molar-refractivity contribution in [2.45, 2.75) is 37.6 Å². The standard InChI is InChI=1S/C15H19N3O2S/c1-10-15(11(2)17-16-10)21(19,20)18(3)14-9-8-12-6-4-5-7-13(12)14/h4-7,14H,8-9H2,1-3H3,(H,16,17). The molecular weight excluding hydrogens is 286 g/mol. The molecule has 1 atom stereocenters. The van der Waals surface area contributed by atoms with Crippen LogP contribution in [0.4, 0.5) is 0 Å². The van der Waals surface area contributed by atoms with Crippen LogP contribution in [-0.4, -0.2) is 30.0 Å². The van der Waals surface area contributed by atoms with Crippen LogP contribution in [0.2, 0.25) is 0 Å². The molecule has 0 saturated heterocycles. The number of sulfonamides is 1. The van der Waals surface area contributed by atoms with E-state index in [1.807, 2.05) is 18.2 Å². The van der Waals surface area contributed by atoms with Gasteiger partial charge in [-0.3, -0.25) is 5.10 Å². The zero-order chi connectivity index (χ0) is 15.2. The molecule has 0 bridgehead atoms. The van der Waals surface area contributed by atoms with Crippen LogP contribution in [0.3, 0.4) is 0 Å². The van der Waals surface area contributed by atoms with Gasteiger partial charge in [-0.2, -0.15) is 9.40 Å². The molecule has 6 heteroatoms. The van der Waals surface area contributed by atoms with Gasteiger partial charge in [-0.05, 0) is 37.8 Å². The van der Waals surface area contributed by atoms with E-state index in [1.54, 1.807) is 20.9 Å². The molecule has 0 fully saturated rings. The lowest BCUT2D eigenvalue weighted by Gasteiger charge is -2.24. The summed E-state index contributed by atoms with van der Waals surface area (Å²) in [5.74, 6) is 0. The first-order valence-corrected chi connectivity index (χ1v) is 8.44. The average molecular weight is 305 g/mol. The highest BCUT2D eigenvalue weighted by Gasteiger charge is 2.35. The van der Waals surface area contributed by atoms with Gasteiger partial charge < -0.3 is 0 Å². The van der Waals surface area contributed by atoms with Crippen molar-refractivity contribution in [2.75, 3.05) is 7.05 Å². The summed E-state index contributed by atoms with van der Waals surface area (Å²) in [5, 5.41) is 6.76. The summed E-state index contributed by atoms with van der Waals surface area (Å²) in [6.45, 7) is 3.45. The van der Waals surface area contributed by atoms with Crippen molar-refractivity contribution in [3.05, 3.63) is 46.8 Å². The Morgan fingerprint density at radius 3 is 2.67 bits per heavy atom. The Hall–Kier alpha value is -1.66. The first kappa shape index (κ1) is 14.3. The molecule has 21 heavy (non-hydrogen) atoms. The fourth-order valence-electron chi connectivity index (χ4n) is 3.14. The molecule has 0 aliphatic heterocycles. The third kappa shape index (κ3) is 2.18. The number of H-pyrrole nitrogens is 1. The summed E-state index contributed by atoms with van der Waals surface area (Å²) < 4.78 is 27.3. The summed E-state index contributed by atoms with van der Waals surface area (Å²) in [4.78, 5) is 0.300. The van der Waals surface area contributed by atoms with Crippen molar-refractivity contribution in [3.63, 3.8) is 0 Å². The molecule has 1 aliphatic carbocycles. The number of nitrogens with one attached hydrogen (secondary N) is 1. The minimum atomic E-state index is -3.54. The number of benzene rings is 1. The summed E-state index contributed by atoms with van der Waals surface area (Å²) in [7, 11) is -1.88. The number of rotatable bonds is 3. The number of hydrogen-bond donors (Lipinski definition) is 1. The lowest BCUT2D eigenvalue weighted by atomic mass is 10.1. The van der Waals surface area contributed by atoms with E-state index in [0.717, 1.165) is 18.4 Å². The van der Waals surface area contributed by atoms with Crippen LogP contribution in [0.1, 0.15) is 35.0 Å². The van der Waals surface area contributed by atoms with Crippen molar-refractivity contribution in [2.24, 2.45) is 0 Å². The maximum atomic E-state index is 12.9. The van der Waals surface area contributed by atoms with Gasteiger partial charge in [0.15, 0.2) is 0 Å². The molecule has 5 nitrogen and oxygen atoms in total. The second kappa shape index (κ2) is 4.96. The Bertz CT molecular complexity index is 760. The van der Waals surface area contributed by atoms with Gasteiger partial charge in [-0.1, -0.05) is 24.3 Å². The maximum absolute atomic E-state index is 12.9. The van der Waals surface area contributed by atoms with E-state index in [4.69, 9.17) is 0 Å². The normalized spacial score (nSPS) is 18.2. The fourth-order valence-corrected chi connectivity index (χ4v) is 4.84. The highest BCUT2D eigenvalue weighted by molar-refractivity contribution is 7.89. The highest BCUT2D eigenvalue weighted by atomic mass is 32.2. The van der Waals surface area contributed by atoms with Gasteiger partial charge in [0.25, 0.3) is 0 Å². The van der Waals surface area contributed by atoms with E-state index < -0.39 is 10.0 Å². The van der Waals surface area contributed by atoms with Crippen LogP contribution in [0, 0.1) is 13.8 Å². The monoisotopic (exact) mass is 305 g/mol. The van der Waals surface area contributed by atoms with Crippen LogP contribution in [0.25, 0.3) is 0 Å². The number of hydrogen-bond acceptors (Lipinski definition) is 3. The van der Waals surface area contributed by atoms with Crippen LogP contribution < -0.4 is 0 Å². The van der Waals surface area contributed by atoms with Crippen LogP contribution in [-0.2, 0) is 16.4 Å². The Morgan fingerprint density at radius 2 is 2.00 bits per heavy atom. The third-order valence-electron chi connectivity index (χ3n) is 4.24. The van der Waals surface area contributed by atoms with Crippen molar-refractivity contribution in [3.8, 4) is 0 Å². The van der Waals surface area contributed by atoms with Gasteiger partial charge in [0.05, 0.1) is 17.4 Å². The van der Waals surface area contributed by atoms with Crippen LogP contribution >= 0.6 is 0 Å². The lowest BCUT2D eigenvalue weighted by molar-refractivity contribution is 0.374. The summed E-state index contributed by atoms with van der Waals surface area (Å²) in [5.41, 5.74) is 3.46. The first-order valence-electron chi connectivity index (χ1n) is 7.00. The fraction of sp³-hybridized carbons (Fsp3) is 0.400. The first-order chi connectivity index (χ1) is 9.93. The maximum Gasteiger partial charge on any atom is 0.247 e. The molecule has 1 aromatic carbocycles. The zero-order valence-electron chi connectivity index (χ0n) is 12.4. The molecule has 1 unspecified atom stereocenters. The predicted octanol–water partition coefficient (Wildman–Crippen LogP) is 2.33. The van der Waals surface area contributed by atoms with E-state index in [0.29, 0.717) is 16.3 Å². The number of fused-ring (bicyclic) bond motifs is 1. The van der Waals surface area contributed by atoms with E-state index in [2.05, 4.69) is 16.3 Å². The molecule has 112 valence electrons. The lowest BCUT2D eigenvalue weighted by Crippen LogP contribution is -2.31. The van der Waals surface area contributed by atoms with Gasteiger partial charge in [0.2, 0.25) is 10.0 Å². The Balaban J connectivity index is 2.02. The molecule has 0 amide bonds. The summed E-state index contributed by atoms with van der Waals surface area (Å²) in [6, 6.07) is 7.96. The average Bonchev–Trinajstić information content (AvgIpc) is 3.01. The molecule has 0 spiro atoms. The number of nitrogens with zero attached hydrogens (tertiary/aromatic N) is 2. The van der Waals surface area contributed by atoms with E-state index >= 15 is 0 Å². The molecule has 1 heterocycles. The Kier molecular flexibility index (Phi) is 3.37.